The second kappa shape index (κ2) is 4.61. The van der Waals surface area contributed by atoms with E-state index in [4.69, 9.17) is 9.47 Å². The lowest BCUT2D eigenvalue weighted by atomic mass is 9.77. The topological polar surface area (TPSA) is 55.8 Å². The minimum absolute atomic E-state index is 0.262. The highest BCUT2D eigenvalue weighted by Crippen LogP contribution is 2.40. The summed E-state index contributed by atoms with van der Waals surface area (Å²) in [5.74, 6) is 0.918. The molecule has 0 aliphatic heterocycles. The molecular formula is C14H18O4. The van der Waals surface area contributed by atoms with E-state index in [-0.39, 0.29) is 5.78 Å². The quantitative estimate of drug-likeness (QED) is 0.891. The standard InChI is InChI=1S/C14H18O4/c1-4-14(16)8-7-9-10(17-2)5-6-11(18-3)12(9)13(14)15/h5-6,16H,4,7-8H2,1-3H3/t14-/m1/s1. The average Bonchev–Trinajstić information content (AvgIpc) is 2.41. The Balaban J connectivity index is 2.62. The zero-order valence-electron chi connectivity index (χ0n) is 10.9. The summed E-state index contributed by atoms with van der Waals surface area (Å²) in [5, 5.41) is 10.3. The number of benzene rings is 1. The fourth-order valence-corrected chi connectivity index (χ4v) is 2.48. The van der Waals surface area contributed by atoms with E-state index in [2.05, 4.69) is 0 Å². The maximum Gasteiger partial charge on any atom is 0.198 e. The second-order valence-corrected chi connectivity index (χ2v) is 4.54. The maximum absolute atomic E-state index is 12.4. The first-order valence-corrected chi connectivity index (χ1v) is 6.08. The molecule has 1 aromatic carbocycles. The molecule has 0 saturated heterocycles. The van der Waals surface area contributed by atoms with Gasteiger partial charge in [0.05, 0.1) is 19.8 Å². The molecule has 1 N–H and O–H groups in total. The molecule has 0 saturated carbocycles. The molecule has 1 aliphatic carbocycles. The summed E-state index contributed by atoms with van der Waals surface area (Å²) >= 11 is 0. The van der Waals surface area contributed by atoms with Crippen LogP contribution in [0.15, 0.2) is 12.1 Å². The Labute approximate surface area is 107 Å². The summed E-state index contributed by atoms with van der Waals surface area (Å²) in [6.07, 6.45) is 1.45. The van der Waals surface area contributed by atoms with Crippen LogP contribution in [0.1, 0.15) is 35.7 Å². The zero-order chi connectivity index (χ0) is 13.3. The van der Waals surface area contributed by atoms with Gasteiger partial charge in [0, 0.05) is 5.56 Å². The van der Waals surface area contributed by atoms with Gasteiger partial charge >= 0.3 is 0 Å². The molecular weight excluding hydrogens is 232 g/mol. The van der Waals surface area contributed by atoms with Crippen molar-refractivity contribution in [2.75, 3.05) is 14.2 Å². The molecule has 18 heavy (non-hydrogen) atoms. The van der Waals surface area contributed by atoms with E-state index in [0.717, 1.165) is 5.56 Å². The van der Waals surface area contributed by atoms with Crippen molar-refractivity contribution in [3.63, 3.8) is 0 Å². The molecule has 0 amide bonds. The van der Waals surface area contributed by atoms with Crippen LogP contribution >= 0.6 is 0 Å². The van der Waals surface area contributed by atoms with Gasteiger partial charge in [0.1, 0.15) is 17.1 Å². The largest absolute Gasteiger partial charge is 0.496 e. The summed E-state index contributed by atoms with van der Waals surface area (Å²) in [4.78, 5) is 12.4. The van der Waals surface area contributed by atoms with E-state index in [1.807, 2.05) is 6.92 Å². The molecule has 98 valence electrons. The lowest BCUT2D eigenvalue weighted by Crippen LogP contribution is -2.42. The van der Waals surface area contributed by atoms with E-state index >= 15 is 0 Å². The molecule has 1 atom stereocenters. The van der Waals surface area contributed by atoms with E-state index < -0.39 is 5.60 Å². The van der Waals surface area contributed by atoms with Gasteiger partial charge in [-0.2, -0.15) is 0 Å². The summed E-state index contributed by atoms with van der Waals surface area (Å²) in [7, 11) is 3.10. The van der Waals surface area contributed by atoms with Crippen molar-refractivity contribution in [3.8, 4) is 11.5 Å². The zero-order valence-corrected chi connectivity index (χ0v) is 10.9. The predicted molar refractivity (Wildman–Crippen MR) is 67.4 cm³/mol. The van der Waals surface area contributed by atoms with Crippen molar-refractivity contribution < 1.29 is 19.4 Å². The molecule has 1 aromatic rings. The number of hydrogen-bond acceptors (Lipinski definition) is 4. The monoisotopic (exact) mass is 250 g/mol. The Morgan fingerprint density at radius 2 is 1.89 bits per heavy atom. The number of rotatable bonds is 3. The minimum Gasteiger partial charge on any atom is -0.496 e. The molecule has 0 fully saturated rings. The van der Waals surface area contributed by atoms with Crippen LogP contribution in [-0.4, -0.2) is 30.7 Å². The number of hydrogen-bond donors (Lipinski definition) is 1. The van der Waals surface area contributed by atoms with E-state index in [9.17, 15) is 9.90 Å². The van der Waals surface area contributed by atoms with Crippen molar-refractivity contribution in [2.45, 2.75) is 31.8 Å². The fraction of sp³-hybridized carbons (Fsp3) is 0.500. The van der Waals surface area contributed by atoms with E-state index in [1.54, 1.807) is 19.2 Å². The SMILES string of the molecule is CC[C@@]1(O)CCc2c(OC)ccc(OC)c2C1=O. The molecule has 0 spiro atoms. The fourth-order valence-electron chi connectivity index (χ4n) is 2.48. The summed E-state index contributed by atoms with van der Waals surface area (Å²) < 4.78 is 10.5. The molecule has 4 nitrogen and oxygen atoms in total. The maximum atomic E-state index is 12.4. The number of ketones is 1. The number of carbonyl (C=O) groups excluding carboxylic acids is 1. The smallest absolute Gasteiger partial charge is 0.198 e. The molecule has 0 unspecified atom stereocenters. The first-order valence-electron chi connectivity index (χ1n) is 6.08. The first-order chi connectivity index (χ1) is 8.57. The number of ether oxygens (including phenoxy) is 2. The number of Topliss-reactive ketones (excluding diaryl/α,β-unsaturated/α-hetero) is 1. The van der Waals surface area contributed by atoms with Crippen LogP contribution in [0.2, 0.25) is 0 Å². The Morgan fingerprint density at radius 3 is 2.44 bits per heavy atom. The third-order valence-corrected chi connectivity index (χ3v) is 3.69. The molecule has 4 heteroatoms. The van der Waals surface area contributed by atoms with Gasteiger partial charge in [-0.05, 0) is 31.4 Å². The van der Waals surface area contributed by atoms with E-state index in [1.165, 1.54) is 7.11 Å². The van der Waals surface area contributed by atoms with Crippen molar-refractivity contribution >= 4 is 5.78 Å². The average molecular weight is 250 g/mol. The lowest BCUT2D eigenvalue weighted by Gasteiger charge is -2.32. The lowest BCUT2D eigenvalue weighted by molar-refractivity contribution is 0.0219. The number of carbonyl (C=O) groups is 1. The van der Waals surface area contributed by atoms with Crippen LogP contribution in [-0.2, 0) is 6.42 Å². The second-order valence-electron chi connectivity index (χ2n) is 4.54. The van der Waals surface area contributed by atoms with E-state index in [0.29, 0.717) is 36.3 Å². The summed E-state index contributed by atoms with van der Waals surface area (Å²) in [6.45, 7) is 1.82. The molecule has 2 rings (SSSR count). The summed E-state index contributed by atoms with van der Waals surface area (Å²) in [5.41, 5.74) is 0.0274. The Hall–Kier alpha value is -1.55. The minimum atomic E-state index is -1.27. The molecule has 0 aromatic heterocycles. The van der Waals surface area contributed by atoms with Crippen LogP contribution in [0.25, 0.3) is 0 Å². The normalized spacial score (nSPS) is 22.6. The van der Waals surface area contributed by atoms with Gasteiger partial charge < -0.3 is 14.6 Å². The number of fused-ring (bicyclic) bond motifs is 1. The Bertz CT molecular complexity index is 481. The molecule has 1 aliphatic rings. The highest BCUT2D eigenvalue weighted by atomic mass is 16.5. The predicted octanol–water partition coefficient (Wildman–Crippen LogP) is 1.97. The van der Waals surface area contributed by atoms with Gasteiger partial charge in [-0.15, -0.1) is 0 Å². The third-order valence-electron chi connectivity index (χ3n) is 3.69. The van der Waals surface area contributed by atoms with Gasteiger partial charge in [-0.1, -0.05) is 6.92 Å². The van der Waals surface area contributed by atoms with Gasteiger partial charge in [0.25, 0.3) is 0 Å². The van der Waals surface area contributed by atoms with Crippen LogP contribution in [0.3, 0.4) is 0 Å². The van der Waals surface area contributed by atoms with Gasteiger partial charge in [0.15, 0.2) is 5.78 Å². The molecule has 0 radical (unpaired) electrons. The van der Waals surface area contributed by atoms with Crippen LogP contribution < -0.4 is 9.47 Å². The van der Waals surface area contributed by atoms with Crippen molar-refractivity contribution in [3.05, 3.63) is 23.3 Å². The highest BCUT2D eigenvalue weighted by molar-refractivity contribution is 6.07. The third kappa shape index (κ3) is 1.77. The van der Waals surface area contributed by atoms with Gasteiger partial charge in [0.2, 0.25) is 0 Å². The van der Waals surface area contributed by atoms with Gasteiger partial charge in [-0.3, -0.25) is 4.79 Å². The Kier molecular flexibility index (Phi) is 3.30. The molecule has 0 bridgehead atoms. The first kappa shape index (κ1) is 12.9. The molecule has 0 heterocycles. The summed E-state index contributed by atoms with van der Waals surface area (Å²) in [6, 6.07) is 3.50. The number of aliphatic hydroxyl groups is 1. The van der Waals surface area contributed by atoms with Crippen LogP contribution in [0.5, 0.6) is 11.5 Å². The van der Waals surface area contributed by atoms with Crippen LogP contribution in [0.4, 0.5) is 0 Å². The Morgan fingerprint density at radius 1 is 1.28 bits per heavy atom. The van der Waals surface area contributed by atoms with Gasteiger partial charge in [-0.25, -0.2) is 0 Å². The van der Waals surface area contributed by atoms with Crippen molar-refractivity contribution in [1.82, 2.24) is 0 Å². The highest BCUT2D eigenvalue weighted by Gasteiger charge is 2.41. The van der Waals surface area contributed by atoms with Crippen molar-refractivity contribution in [2.24, 2.45) is 0 Å². The van der Waals surface area contributed by atoms with Crippen LogP contribution in [0, 0.1) is 0 Å². The van der Waals surface area contributed by atoms with Crippen molar-refractivity contribution in [1.29, 1.82) is 0 Å². The number of methoxy groups -OCH3 is 2.